The van der Waals surface area contributed by atoms with Crippen molar-refractivity contribution in [2.75, 3.05) is 18.9 Å². The van der Waals surface area contributed by atoms with Gasteiger partial charge in [-0.25, -0.2) is 13.1 Å². The Kier molecular flexibility index (Phi) is 4.44. The number of sulfonamides is 1. The van der Waals surface area contributed by atoms with E-state index < -0.39 is 10.0 Å². The Morgan fingerprint density at radius 1 is 1.47 bits per heavy atom. The van der Waals surface area contributed by atoms with E-state index in [1.807, 2.05) is 0 Å². The summed E-state index contributed by atoms with van der Waals surface area (Å²) in [6.07, 6.45) is 2.99. The molecule has 0 spiro atoms. The summed E-state index contributed by atoms with van der Waals surface area (Å²) in [5.41, 5.74) is 7.04. The van der Waals surface area contributed by atoms with Crippen molar-refractivity contribution in [2.24, 2.45) is 0 Å². The van der Waals surface area contributed by atoms with Crippen molar-refractivity contribution < 1.29 is 13.2 Å². The number of benzene rings is 1. The zero-order valence-electron chi connectivity index (χ0n) is 11.1. The molecule has 0 aliphatic carbocycles. The fraction of sp³-hybridized carbons (Fsp3) is 0.538. The van der Waals surface area contributed by atoms with Gasteiger partial charge in [-0.1, -0.05) is 0 Å². The Bertz CT molecular complexity index is 537. The number of anilines is 1. The van der Waals surface area contributed by atoms with Crippen molar-refractivity contribution in [2.45, 2.75) is 37.2 Å². The van der Waals surface area contributed by atoms with Crippen molar-refractivity contribution in [1.82, 2.24) is 4.72 Å². The Balaban J connectivity index is 1.95. The van der Waals surface area contributed by atoms with Crippen molar-refractivity contribution in [3.63, 3.8) is 0 Å². The molecular formula is C13H20N2O3S. The smallest absolute Gasteiger partial charge is 0.240 e. The monoisotopic (exact) mass is 284 g/mol. The number of hydrogen-bond donors (Lipinski definition) is 2. The summed E-state index contributed by atoms with van der Waals surface area (Å²) in [5, 5.41) is 0. The maximum atomic E-state index is 12.1. The second kappa shape index (κ2) is 5.90. The minimum atomic E-state index is -3.45. The number of hydrogen-bond acceptors (Lipinski definition) is 4. The number of ether oxygens (including phenoxy) is 1. The SMILES string of the molecule is Cc1cc(S(=O)(=O)NCCC2CCCO2)ccc1N. The zero-order chi connectivity index (χ0) is 13.9. The number of rotatable bonds is 5. The Morgan fingerprint density at radius 2 is 2.26 bits per heavy atom. The third kappa shape index (κ3) is 3.68. The fourth-order valence-corrected chi connectivity index (χ4v) is 3.26. The van der Waals surface area contributed by atoms with Gasteiger partial charge in [-0.3, -0.25) is 0 Å². The molecule has 0 radical (unpaired) electrons. The molecule has 0 bridgehead atoms. The second-order valence-electron chi connectivity index (χ2n) is 4.84. The van der Waals surface area contributed by atoms with Crippen LogP contribution in [0.3, 0.4) is 0 Å². The maximum Gasteiger partial charge on any atom is 0.240 e. The predicted molar refractivity (Wildman–Crippen MR) is 74.4 cm³/mol. The minimum Gasteiger partial charge on any atom is -0.399 e. The molecule has 19 heavy (non-hydrogen) atoms. The molecule has 1 atom stereocenters. The third-order valence-electron chi connectivity index (χ3n) is 3.33. The van der Waals surface area contributed by atoms with Crippen molar-refractivity contribution in [3.05, 3.63) is 23.8 Å². The van der Waals surface area contributed by atoms with Gasteiger partial charge >= 0.3 is 0 Å². The molecule has 0 aromatic heterocycles. The first-order valence-corrected chi connectivity index (χ1v) is 7.95. The van der Waals surface area contributed by atoms with Gasteiger partial charge in [0.2, 0.25) is 10.0 Å². The van der Waals surface area contributed by atoms with E-state index in [-0.39, 0.29) is 11.0 Å². The van der Waals surface area contributed by atoms with E-state index in [9.17, 15) is 8.42 Å². The molecule has 0 saturated carbocycles. The lowest BCUT2D eigenvalue weighted by Crippen LogP contribution is -2.27. The molecule has 1 unspecified atom stereocenters. The molecule has 3 N–H and O–H groups in total. The zero-order valence-corrected chi connectivity index (χ0v) is 11.9. The molecule has 1 aromatic rings. The number of nitrogens with two attached hydrogens (primary N) is 1. The first kappa shape index (κ1) is 14.3. The highest BCUT2D eigenvalue weighted by molar-refractivity contribution is 7.89. The lowest BCUT2D eigenvalue weighted by atomic mass is 10.2. The average molecular weight is 284 g/mol. The molecule has 6 heteroatoms. The van der Waals surface area contributed by atoms with Gasteiger partial charge in [0.15, 0.2) is 0 Å². The summed E-state index contributed by atoms with van der Waals surface area (Å²) in [5.74, 6) is 0. The highest BCUT2D eigenvalue weighted by atomic mass is 32.2. The van der Waals surface area contributed by atoms with Gasteiger partial charge in [0.1, 0.15) is 0 Å². The van der Waals surface area contributed by atoms with E-state index >= 15 is 0 Å². The minimum absolute atomic E-state index is 0.191. The molecule has 1 saturated heterocycles. The van der Waals surface area contributed by atoms with E-state index in [0.717, 1.165) is 25.0 Å². The highest BCUT2D eigenvalue weighted by Crippen LogP contribution is 2.18. The van der Waals surface area contributed by atoms with Gasteiger partial charge in [0.25, 0.3) is 0 Å². The number of aryl methyl sites for hydroxylation is 1. The molecule has 106 valence electrons. The van der Waals surface area contributed by atoms with E-state index in [1.54, 1.807) is 19.1 Å². The first-order valence-electron chi connectivity index (χ1n) is 6.46. The van der Waals surface area contributed by atoms with Gasteiger partial charge in [-0.15, -0.1) is 0 Å². The van der Waals surface area contributed by atoms with E-state index in [2.05, 4.69) is 4.72 Å². The van der Waals surface area contributed by atoms with Crippen molar-refractivity contribution in [1.29, 1.82) is 0 Å². The highest BCUT2D eigenvalue weighted by Gasteiger charge is 2.18. The van der Waals surface area contributed by atoms with Crippen LogP contribution in [0.25, 0.3) is 0 Å². The number of nitrogen functional groups attached to an aromatic ring is 1. The predicted octanol–water partition coefficient (Wildman–Crippen LogP) is 1.42. The molecule has 1 fully saturated rings. The fourth-order valence-electron chi connectivity index (χ4n) is 2.12. The molecule has 1 aliphatic rings. The Labute approximate surface area is 114 Å². The summed E-state index contributed by atoms with van der Waals surface area (Å²) in [7, 11) is -3.45. The largest absolute Gasteiger partial charge is 0.399 e. The third-order valence-corrected chi connectivity index (χ3v) is 4.79. The molecule has 0 amide bonds. The first-order chi connectivity index (χ1) is 8.99. The van der Waals surface area contributed by atoms with Crippen molar-refractivity contribution in [3.8, 4) is 0 Å². The van der Waals surface area contributed by atoms with Crippen LogP contribution in [0.2, 0.25) is 0 Å². The summed E-state index contributed by atoms with van der Waals surface area (Å²) in [6, 6.07) is 4.73. The molecular weight excluding hydrogens is 264 g/mol. The van der Waals surface area contributed by atoms with Crippen molar-refractivity contribution >= 4 is 15.7 Å². The molecule has 5 nitrogen and oxygen atoms in total. The van der Waals surface area contributed by atoms with E-state index in [0.29, 0.717) is 18.7 Å². The summed E-state index contributed by atoms with van der Waals surface area (Å²) >= 11 is 0. The van der Waals surface area contributed by atoms with Crippen LogP contribution in [-0.2, 0) is 14.8 Å². The number of nitrogens with one attached hydrogen (secondary N) is 1. The molecule has 1 aliphatic heterocycles. The van der Waals surface area contributed by atoms with Crippen LogP contribution in [0.15, 0.2) is 23.1 Å². The molecule has 1 heterocycles. The van der Waals surface area contributed by atoms with Gasteiger partial charge in [-0.05, 0) is 49.9 Å². The average Bonchev–Trinajstić information content (AvgIpc) is 2.85. The second-order valence-corrected chi connectivity index (χ2v) is 6.61. The standard InChI is InChI=1S/C13H20N2O3S/c1-10-9-12(4-5-13(10)14)19(16,17)15-7-6-11-3-2-8-18-11/h4-5,9,11,15H,2-3,6-8,14H2,1H3. The van der Waals surface area contributed by atoms with Crippen LogP contribution in [-0.4, -0.2) is 27.7 Å². The van der Waals surface area contributed by atoms with Gasteiger partial charge in [0.05, 0.1) is 11.0 Å². The Hall–Kier alpha value is -1.11. The van der Waals surface area contributed by atoms with Crippen LogP contribution in [0, 0.1) is 6.92 Å². The molecule has 1 aromatic carbocycles. The lowest BCUT2D eigenvalue weighted by Gasteiger charge is -2.11. The maximum absolute atomic E-state index is 12.1. The van der Waals surface area contributed by atoms with Gasteiger partial charge in [-0.2, -0.15) is 0 Å². The quantitative estimate of drug-likeness (QED) is 0.801. The van der Waals surface area contributed by atoms with E-state index in [4.69, 9.17) is 10.5 Å². The lowest BCUT2D eigenvalue weighted by molar-refractivity contribution is 0.105. The molecule has 2 rings (SSSR count). The van der Waals surface area contributed by atoms with Crippen LogP contribution < -0.4 is 10.5 Å². The summed E-state index contributed by atoms with van der Waals surface area (Å²) in [6.45, 7) is 2.98. The Morgan fingerprint density at radius 3 is 2.89 bits per heavy atom. The topological polar surface area (TPSA) is 81.4 Å². The van der Waals surface area contributed by atoms with Crippen LogP contribution in [0.5, 0.6) is 0 Å². The van der Waals surface area contributed by atoms with Crippen LogP contribution in [0.1, 0.15) is 24.8 Å². The summed E-state index contributed by atoms with van der Waals surface area (Å²) in [4.78, 5) is 0.256. The summed E-state index contributed by atoms with van der Waals surface area (Å²) < 4.78 is 32.2. The van der Waals surface area contributed by atoms with E-state index in [1.165, 1.54) is 6.07 Å². The van der Waals surface area contributed by atoms with Crippen LogP contribution >= 0.6 is 0 Å². The van der Waals surface area contributed by atoms with Crippen LogP contribution in [0.4, 0.5) is 5.69 Å². The van der Waals surface area contributed by atoms with Gasteiger partial charge in [0, 0.05) is 18.8 Å². The normalized spacial score (nSPS) is 19.7. The van der Waals surface area contributed by atoms with Gasteiger partial charge < -0.3 is 10.5 Å².